The Morgan fingerprint density at radius 2 is 2.08 bits per heavy atom. The first-order valence-corrected chi connectivity index (χ1v) is 9.52. The van der Waals surface area contributed by atoms with Gasteiger partial charge in [-0.1, -0.05) is 0 Å². The normalized spacial score (nSPS) is 18.0. The molecule has 2 heterocycles. The zero-order valence-electron chi connectivity index (χ0n) is 15.0. The first-order chi connectivity index (χ1) is 12.0. The van der Waals surface area contributed by atoms with Gasteiger partial charge in [-0.15, -0.1) is 11.3 Å². The molecule has 6 heteroatoms. The van der Waals surface area contributed by atoms with Crippen molar-refractivity contribution < 1.29 is 9.53 Å². The maximum Gasteiger partial charge on any atom is 0.248 e. The molecule has 1 amide bonds. The number of benzene rings is 1. The molecule has 1 fully saturated rings. The van der Waals surface area contributed by atoms with E-state index < -0.39 is 5.54 Å². The smallest absolute Gasteiger partial charge is 0.248 e. The second-order valence-electron chi connectivity index (χ2n) is 6.86. The summed E-state index contributed by atoms with van der Waals surface area (Å²) in [5, 5.41) is 6.38. The lowest BCUT2D eigenvalue weighted by Crippen LogP contribution is -2.52. The quantitative estimate of drug-likeness (QED) is 0.873. The molecular weight excluding hydrogens is 334 g/mol. The Morgan fingerprint density at radius 1 is 1.32 bits per heavy atom. The second kappa shape index (κ2) is 7.44. The lowest BCUT2D eigenvalue weighted by Gasteiger charge is -2.40. The summed E-state index contributed by atoms with van der Waals surface area (Å²) in [4.78, 5) is 19.7. The van der Waals surface area contributed by atoms with Crippen LogP contribution in [0.25, 0.3) is 0 Å². The molecule has 1 saturated heterocycles. The van der Waals surface area contributed by atoms with Crippen LogP contribution in [-0.4, -0.2) is 35.0 Å². The molecule has 1 aliphatic rings. The van der Waals surface area contributed by atoms with Gasteiger partial charge in [0.15, 0.2) is 0 Å². The molecule has 0 aliphatic carbocycles. The fraction of sp³-hybridized carbons (Fsp3) is 0.474. The summed E-state index contributed by atoms with van der Waals surface area (Å²) in [6.07, 6.45) is 4.99. The van der Waals surface area contributed by atoms with Gasteiger partial charge in [-0.2, -0.15) is 0 Å². The molecule has 2 aromatic rings. The summed E-state index contributed by atoms with van der Waals surface area (Å²) in [5.74, 6) is 0.915. The number of hydrogen-bond acceptors (Lipinski definition) is 5. The number of amides is 1. The van der Waals surface area contributed by atoms with Gasteiger partial charge in [0.05, 0.1) is 13.2 Å². The summed E-state index contributed by atoms with van der Waals surface area (Å²) in [6.45, 7) is 4.66. The maximum absolute atomic E-state index is 13.3. The van der Waals surface area contributed by atoms with Crippen molar-refractivity contribution >= 4 is 22.9 Å². The van der Waals surface area contributed by atoms with E-state index in [1.165, 1.54) is 0 Å². The zero-order valence-corrected chi connectivity index (χ0v) is 15.8. The number of aromatic nitrogens is 1. The van der Waals surface area contributed by atoms with Crippen LogP contribution in [0.2, 0.25) is 0 Å². The van der Waals surface area contributed by atoms with Gasteiger partial charge in [-0.05, 0) is 57.4 Å². The predicted molar refractivity (Wildman–Crippen MR) is 101 cm³/mol. The molecule has 0 bridgehead atoms. The van der Waals surface area contributed by atoms with Crippen molar-refractivity contribution in [1.82, 2.24) is 9.88 Å². The van der Waals surface area contributed by atoms with Crippen molar-refractivity contribution in [3.05, 3.63) is 40.8 Å². The number of thiazole rings is 1. The van der Waals surface area contributed by atoms with Crippen molar-refractivity contribution in [3.8, 4) is 5.75 Å². The average molecular weight is 359 g/mol. The third kappa shape index (κ3) is 3.95. The molecule has 0 saturated carbocycles. The molecule has 1 aliphatic heterocycles. The third-order valence-electron chi connectivity index (χ3n) is 4.58. The van der Waals surface area contributed by atoms with Crippen LogP contribution in [0, 0.1) is 0 Å². The average Bonchev–Trinajstić information content (AvgIpc) is 3.16. The van der Waals surface area contributed by atoms with Gasteiger partial charge < -0.3 is 15.0 Å². The monoisotopic (exact) mass is 359 g/mol. The van der Waals surface area contributed by atoms with Gasteiger partial charge in [0, 0.05) is 23.8 Å². The number of nitrogens with zero attached hydrogens (tertiary/aromatic N) is 2. The number of piperidine rings is 1. The van der Waals surface area contributed by atoms with E-state index >= 15 is 0 Å². The Labute approximate surface area is 153 Å². The highest BCUT2D eigenvalue weighted by Gasteiger charge is 2.38. The van der Waals surface area contributed by atoms with Crippen LogP contribution in [0.1, 0.15) is 44.2 Å². The Bertz CT molecular complexity index is 698. The fourth-order valence-corrected chi connectivity index (χ4v) is 4.06. The predicted octanol–water partition coefficient (Wildman–Crippen LogP) is 4.10. The van der Waals surface area contributed by atoms with Crippen molar-refractivity contribution in [2.45, 2.75) is 44.7 Å². The van der Waals surface area contributed by atoms with Crippen LogP contribution >= 0.6 is 11.3 Å². The first-order valence-electron chi connectivity index (χ1n) is 8.64. The topological polar surface area (TPSA) is 54.5 Å². The van der Waals surface area contributed by atoms with E-state index in [1.54, 1.807) is 18.4 Å². The standard InChI is InChI=1S/C19H25N3O2S/c1-19(2,21-14-7-9-15(24-3)10-8-14)18(23)22-12-5-4-6-16(22)17-20-11-13-25-17/h7-11,13,16,21H,4-6,12H2,1-3H3. The van der Waals surface area contributed by atoms with E-state index in [0.717, 1.165) is 42.3 Å². The van der Waals surface area contributed by atoms with E-state index in [4.69, 9.17) is 4.74 Å². The molecule has 0 radical (unpaired) electrons. The van der Waals surface area contributed by atoms with Gasteiger partial charge in [0.2, 0.25) is 5.91 Å². The van der Waals surface area contributed by atoms with Crippen LogP contribution < -0.4 is 10.1 Å². The number of anilines is 1. The number of nitrogens with one attached hydrogen (secondary N) is 1. The van der Waals surface area contributed by atoms with Crippen molar-refractivity contribution in [2.24, 2.45) is 0 Å². The SMILES string of the molecule is COc1ccc(NC(C)(C)C(=O)N2CCCCC2c2nccs2)cc1. The van der Waals surface area contributed by atoms with Crippen LogP contribution in [0.4, 0.5) is 5.69 Å². The van der Waals surface area contributed by atoms with Gasteiger partial charge in [-0.3, -0.25) is 4.79 Å². The maximum atomic E-state index is 13.3. The number of ether oxygens (including phenoxy) is 1. The molecule has 1 aromatic heterocycles. The summed E-state index contributed by atoms with van der Waals surface area (Å²) >= 11 is 1.63. The molecule has 25 heavy (non-hydrogen) atoms. The fourth-order valence-electron chi connectivity index (χ4n) is 3.28. The molecule has 0 spiro atoms. The minimum atomic E-state index is -0.693. The Balaban J connectivity index is 1.76. The summed E-state index contributed by atoms with van der Waals surface area (Å²) in [5.41, 5.74) is 0.212. The van der Waals surface area contributed by atoms with E-state index in [9.17, 15) is 4.79 Å². The number of carbonyl (C=O) groups excluding carboxylic acids is 1. The van der Waals surface area contributed by atoms with Gasteiger partial charge in [-0.25, -0.2) is 4.98 Å². The highest BCUT2D eigenvalue weighted by Crippen LogP contribution is 2.34. The number of methoxy groups -OCH3 is 1. The van der Waals surface area contributed by atoms with Crippen LogP contribution in [0.3, 0.4) is 0 Å². The largest absolute Gasteiger partial charge is 0.497 e. The minimum Gasteiger partial charge on any atom is -0.497 e. The van der Waals surface area contributed by atoms with Gasteiger partial charge in [0.25, 0.3) is 0 Å². The molecule has 3 rings (SSSR count). The number of carbonyl (C=O) groups is 1. The summed E-state index contributed by atoms with van der Waals surface area (Å²) in [6, 6.07) is 7.74. The van der Waals surface area contributed by atoms with Crippen molar-refractivity contribution in [1.29, 1.82) is 0 Å². The van der Waals surface area contributed by atoms with Crippen molar-refractivity contribution in [2.75, 3.05) is 19.0 Å². The lowest BCUT2D eigenvalue weighted by atomic mass is 9.96. The van der Waals surface area contributed by atoms with Crippen molar-refractivity contribution in [3.63, 3.8) is 0 Å². The molecular formula is C19H25N3O2S. The van der Waals surface area contributed by atoms with E-state index in [-0.39, 0.29) is 11.9 Å². The lowest BCUT2D eigenvalue weighted by molar-refractivity contribution is -0.139. The zero-order chi connectivity index (χ0) is 17.9. The Hall–Kier alpha value is -2.08. The van der Waals surface area contributed by atoms with Crippen LogP contribution in [-0.2, 0) is 4.79 Å². The third-order valence-corrected chi connectivity index (χ3v) is 5.46. The molecule has 134 valence electrons. The molecule has 1 atom stereocenters. The summed E-state index contributed by atoms with van der Waals surface area (Å²) in [7, 11) is 1.64. The molecule has 5 nitrogen and oxygen atoms in total. The van der Waals surface area contributed by atoms with E-state index in [2.05, 4.69) is 10.3 Å². The second-order valence-corrected chi connectivity index (χ2v) is 7.79. The van der Waals surface area contributed by atoms with E-state index in [1.807, 2.05) is 54.6 Å². The molecule has 1 aromatic carbocycles. The number of hydrogen-bond donors (Lipinski definition) is 1. The summed E-state index contributed by atoms with van der Waals surface area (Å²) < 4.78 is 5.19. The Morgan fingerprint density at radius 3 is 2.72 bits per heavy atom. The Kier molecular flexibility index (Phi) is 5.27. The molecule has 1 N–H and O–H groups in total. The first kappa shape index (κ1) is 17.7. The number of rotatable bonds is 5. The van der Waals surface area contributed by atoms with Crippen LogP contribution in [0.15, 0.2) is 35.8 Å². The van der Waals surface area contributed by atoms with Crippen LogP contribution in [0.5, 0.6) is 5.75 Å². The van der Waals surface area contributed by atoms with E-state index in [0.29, 0.717) is 0 Å². The highest BCUT2D eigenvalue weighted by molar-refractivity contribution is 7.09. The van der Waals surface area contributed by atoms with Gasteiger partial charge in [0.1, 0.15) is 16.3 Å². The highest BCUT2D eigenvalue weighted by atomic mass is 32.1. The minimum absolute atomic E-state index is 0.0955. The number of likely N-dealkylation sites (tertiary alicyclic amines) is 1. The van der Waals surface area contributed by atoms with Gasteiger partial charge >= 0.3 is 0 Å². The molecule has 1 unspecified atom stereocenters.